The summed E-state index contributed by atoms with van der Waals surface area (Å²) in [7, 11) is 0. The van der Waals surface area contributed by atoms with E-state index in [-0.39, 0.29) is 12.8 Å². The van der Waals surface area contributed by atoms with Crippen LogP contribution in [-0.2, 0) is 14.4 Å². The van der Waals surface area contributed by atoms with Crippen LogP contribution >= 0.6 is 0 Å². The molecule has 0 fully saturated rings. The minimum absolute atomic E-state index is 0.0119. The second-order valence-corrected chi connectivity index (χ2v) is 4.29. The van der Waals surface area contributed by atoms with Crippen LogP contribution in [0, 0.1) is 0 Å². The van der Waals surface area contributed by atoms with Gasteiger partial charge < -0.3 is 22.5 Å². The maximum absolute atomic E-state index is 11.5. The first-order valence-electron chi connectivity index (χ1n) is 4.78. The molecular weight excluding hydrogens is 212 g/mol. The van der Waals surface area contributed by atoms with Gasteiger partial charge in [0, 0.05) is 12.0 Å². The number of hydrogen-bond acceptors (Lipinski definition) is 4. The Morgan fingerprint density at radius 3 is 2.06 bits per heavy atom. The SMILES string of the molecule is CC(C)(CC(N)=O)NC(=O)C(N)CC(N)=O. The van der Waals surface area contributed by atoms with Crippen molar-refractivity contribution in [3.63, 3.8) is 0 Å². The minimum Gasteiger partial charge on any atom is -0.370 e. The molecule has 7 nitrogen and oxygen atoms in total. The quantitative estimate of drug-likeness (QED) is 0.417. The molecule has 0 aliphatic rings. The monoisotopic (exact) mass is 230 g/mol. The van der Waals surface area contributed by atoms with E-state index in [1.807, 2.05) is 0 Å². The molecule has 1 unspecified atom stereocenters. The highest BCUT2D eigenvalue weighted by Gasteiger charge is 2.26. The molecule has 0 heterocycles. The largest absolute Gasteiger partial charge is 0.370 e. The van der Waals surface area contributed by atoms with Crippen molar-refractivity contribution in [1.82, 2.24) is 5.32 Å². The Labute approximate surface area is 93.7 Å². The van der Waals surface area contributed by atoms with Crippen LogP contribution < -0.4 is 22.5 Å². The highest BCUT2D eigenvalue weighted by Crippen LogP contribution is 2.07. The van der Waals surface area contributed by atoms with E-state index >= 15 is 0 Å². The lowest BCUT2D eigenvalue weighted by molar-refractivity contribution is -0.128. The first kappa shape index (κ1) is 14.4. The van der Waals surface area contributed by atoms with Gasteiger partial charge in [-0.15, -0.1) is 0 Å². The smallest absolute Gasteiger partial charge is 0.237 e. The predicted molar refractivity (Wildman–Crippen MR) is 57.8 cm³/mol. The third kappa shape index (κ3) is 5.97. The van der Waals surface area contributed by atoms with Crippen LogP contribution in [0.2, 0.25) is 0 Å². The van der Waals surface area contributed by atoms with Crippen molar-refractivity contribution in [1.29, 1.82) is 0 Å². The Balaban J connectivity index is 4.32. The number of nitrogens with two attached hydrogens (primary N) is 3. The molecule has 0 aromatic heterocycles. The maximum atomic E-state index is 11.5. The zero-order valence-corrected chi connectivity index (χ0v) is 9.45. The van der Waals surface area contributed by atoms with Crippen molar-refractivity contribution in [2.75, 3.05) is 0 Å². The van der Waals surface area contributed by atoms with Crippen molar-refractivity contribution in [3.8, 4) is 0 Å². The normalized spacial score (nSPS) is 12.9. The van der Waals surface area contributed by atoms with Crippen LogP contribution in [0.25, 0.3) is 0 Å². The zero-order valence-electron chi connectivity index (χ0n) is 9.45. The van der Waals surface area contributed by atoms with Crippen LogP contribution in [0.3, 0.4) is 0 Å². The van der Waals surface area contributed by atoms with Gasteiger partial charge in [0.25, 0.3) is 0 Å². The van der Waals surface area contributed by atoms with Crippen molar-refractivity contribution >= 4 is 17.7 Å². The van der Waals surface area contributed by atoms with Crippen LogP contribution in [0.5, 0.6) is 0 Å². The zero-order chi connectivity index (χ0) is 12.9. The fourth-order valence-electron chi connectivity index (χ4n) is 1.22. The molecule has 0 aromatic rings. The third-order valence-electron chi connectivity index (χ3n) is 1.84. The van der Waals surface area contributed by atoms with E-state index in [1.54, 1.807) is 13.8 Å². The van der Waals surface area contributed by atoms with E-state index < -0.39 is 29.3 Å². The van der Waals surface area contributed by atoms with Gasteiger partial charge in [0.2, 0.25) is 17.7 Å². The molecule has 16 heavy (non-hydrogen) atoms. The predicted octanol–water partition coefficient (Wildman–Crippen LogP) is -2.04. The summed E-state index contributed by atoms with van der Waals surface area (Å²) >= 11 is 0. The molecule has 0 saturated carbocycles. The molecular formula is C9H18N4O3. The lowest BCUT2D eigenvalue weighted by atomic mass is 9.99. The summed E-state index contributed by atoms with van der Waals surface area (Å²) < 4.78 is 0. The summed E-state index contributed by atoms with van der Waals surface area (Å²) in [5.74, 6) is -1.73. The second kappa shape index (κ2) is 5.45. The average molecular weight is 230 g/mol. The van der Waals surface area contributed by atoms with Crippen LogP contribution in [0.15, 0.2) is 0 Å². The third-order valence-corrected chi connectivity index (χ3v) is 1.84. The van der Waals surface area contributed by atoms with E-state index in [4.69, 9.17) is 17.2 Å². The highest BCUT2D eigenvalue weighted by atomic mass is 16.2. The van der Waals surface area contributed by atoms with Crippen molar-refractivity contribution in [2.24, 2.45) is 17.2 Å². The van der Waals surface area contributed by atoms with Crippen molar-refractivity contribution in [2.45, 2.75) is 38.3 Å². The fraction of sp³-hybridized carbons (Fsp3) is 0.667. The number of carbonyl (C=O) groups is 3. The summed E-state index contributed by atoms with van der Waals surface area (Å²) in [5.41, 5.74) is 14.6. The van der Waals surface area contributed by atoms with Crippen molar-refractivity contribution in [3.05, 3.63) is 0 Å². The molecule has 7 heteroatoms. The summed E-state index contributed by atoms with van der Waals surface area (Å²) in [6, 6.07) is -1.01. The van der Waals surface area contributed by atoms with Gasteiger partial charge >= 0.3 is 0 Å². The maximum Gasteiger partial charge on any atom is 0.237 e. The van der Waals surface area contributed by atoms with E-state index in [0.717, 1.165) is 0 Å². The second-order valence-electron chi connectivity index (χ2n) is 4.29. The molecule has 92 valence electrons. The molecule has 0 saturated heterocycles. The molecule has 0 bridgehead atoms. The first-order valence-corrected chi connectivity index (χ1v) is 4.78. The molecule has 0 aromatic carbocycles. The van der Waals surface area contributed by atoms with Gasteiger partial charge in [-0.1, -0.05) is 0 Å². The molecule has 0 spiro atoms. The van der Waals surface area contributed by atoms with E-state index in [1.165, 1.54) is 0 Å². The summed E-state index contributed by atoms with van der Waals surface area (Å²) in [4.78, 5) is 32.7. The number of primary amides is 2. The van der Waals surface area contributed by atoms with Gasteiger partial charge in [-0.25, -0.2) is 0 Å². The van der Waals surface area contributed by atoms with Gasteiger partial charge in [-0.2, -0.15) is 0 Å². The molecule has 0 rings (SSSR count). The number of rotatable bonds is 6. The van der Waals surface area contributed by atoms with Gasteiger partial charge in [0.1, 0.15) is 0 Å². The van der Waals surface area contributed by atoms with Crippen LogP contribution in [0.1, 0.15) is 26.7 Å². The summed E-state index contributed by atoms with van der Waals surface area (Å²) in [5, 5.41) is 2.52. The molecule has 1 atom stereocenters. The van der Waals surface area contributed by atoms with Gasteiger partial charge in [-0.05, 0) is 13.8 Å². The fourth-order valence-corrected chi connectivity index (χ4v) is 1.22. The lowest BCUT2D eigenvalue weighted by Crippen LogP contribution is -2.52. The van der Waals surface area contributed by atoms with Crippen LogP contribution in [-0.4, -0.2) is 29.3 Å². The first-order chi connectivity index (χ1) is 7.14. The van der Waals surface area contributed by atoms with E-state index in [2.05, 4.69) is 5.32 Å². The molecule has 0 aliphatic heterocycles. The van der Waals surface area contributed by atoms with Gasteiger partial charge in [0.15, 0.2) is 0 Å². The Morgan fingerprint density at radius 1 is 1.19 bits per heavy atom. The Hall–Kier alpha value is -1.63. The summed E-state index contributed by atoms with van der Waals surface area (Å²) in [6.07, 6.45) is -0.249. The Bertz CT molecular complexity index is 301. The molecule has 7 N–H and O–H groups in total. The number of nitrogens with one attached hydrogen (secondary N) is 1. The standard InChI is InChI=1S/C9H18N4O3/c1-9(2,4-7(12)15)13-8(16)5(10)3-6(11)14/h5H,3-4,10H2,1-2H3,(H2,11,14)(H2,12,15)(H,13,16). The molecule has 0 aliphatic carbocycles. The van der Waals surface area contributed by atoms with E-state index in [0.29, 0.717) is 0 Å². The number of hydrogen-bond donors (Lipinski definition) is 4. The Morgan fingerprint density at radius 2 is 1.69 bits per heavy atom. The highest BCUT2D eigenvalue weighted by molar-refractivity contribution is 5.88. The van der Waals surface area contributed by atoms with Crippen LogP contribution in [0.4, 0.5) is 0 Å². The van der Waals surface area contributed by atoms with E-state index in [9.17, 15) is 14.4 Å². The topological polar surface area (TPSA) is 141 Å². The van der Waals surface area contributed by atoms with Crippen molar-refractivity contribution < 1.29 is 14.4 Å². The van der Waals surface area contributed by atoms with Gasteiger partial charge in [0.05, 0.1) is 12.5 Å². The average Bonchev–Trinajstić information content (AvgIpc) is 1.98. The summed E-state index contributed by atoms with van der Waals surface area (Å²) in [6.45, 7) is 3.26. The Kier molecular flexibility index (Phi) is 4.90. The van der Waals surface area contributed by atoms with Gasteiger partial charge in [-0.3, -0.25) is 14.4 Å². The lowest BCUT2D eigenvalue weighted by Gasteiger charge is -2.26. The number of carbonyl (C=O) groups excluding carboxylic acids is 3. The number of amides is 3. The minimum atomic E-state index is -1.01. The molecule has 3 amide bonds. The molecule has 0 radical (unpaired) electrons.